The first-order chi connectivity index (χ1) is 8.54. The molecule has 0 bridgehead atoms. The summed E-state index contributed by atoms with van der Waals surface area (Å²) in [5, 5.41) is 7.37. The number of anilines is 2. The first-order valence-electron chi connectivity index (χ1n) is 5.07. The molecule has 0 atom stereocenters. The van der Waals surface area contributed by atoms with E-state index in [-0.39, 0.29) is 12.5 Å². The van der Waals surface area contributed by atoms with E-state index in [1.165, 1.54) is 10.9 Å². The zero-order valence-corrected chi connectivity index (χ0v) is 12.1. The number of nitrogens with two attached hydrogens (primary N) is 1. The molecule has 1 aromatic heterocycles. The summed E-state index contributed by atoms with van der Waals surface area (Å²) in [7, 11) is 0. The lowest BCUT2D eigenvalue weighted by molar-refractivity contribution is -0.116. The van der Waals surface area contributed by atoms with E-state index in [1.807, 2.05) is 0 Å². The molecule has 0 fully saturated rings. The minimum atomic E-state index is -0.168. The molecule has 1 aromatic carbocycles. The summed E-state index contributed by atoms with van der Waals surface area (Å²) in [6, 6.07) is 5.27. The molecule has 0 radical (unpaired) electrons. The van der Waals surface area contributed by atoms with Crippen molar-refractivity contribution in [2.45, 2.75) is 6.54 Å². The number of halogens is 2. The maximum atomic E-state index is 11.8. The molecule has 2 aromatic rings. The van der Waals surface area contributed by atoms with Crippen LogP contribution in [0.5, 0.6) is 0 Å². The van der Waals surface area contributed by atoms with Crippen LogP contribution in [0.25, 0.3) is 0 Å². The molecule has 0 aliphatic carbocycles. The molecule has 0 saturated heterocycles. The van der Waals surface area contributed by atoms with Crippen molar-refractivity contribution in [1.82, 2.24) is 9.78 Å². The van der Waals surface area contributed by atoms with Gasteiger partial charge in [0.1, 0.15) is 6.54 Å². The molecule has 0 unspecified atom stereocenters. The van der Waals surface area contributed by atoms with Crippen molar-refractivity contribution in [3.8, 4) is 0 Å². The Kier molecular flexibility index (Phi) is 4.07. The molecule has 0 saturated carbocycles. The van der Waals surface area contributed by atoms with Crippen molar-refractivity contribution in [2.75, 3.05) is 11.1 Å². The molecule has 94 valence electrons. The van der Waals surface area contributed by atoms with E-state index in [1.54, 1.807) is 24.4 Å². The Morgan fingerprint density at radius 2 is 2.33 bits per heavy atom. The highest BCUT2D eigenvalue weighted by molar-refractivity contribution is 14.1. The zero-order chi connectivity index (χ0) is 13.1. The van der Waals surface area contributed by atoms with Gasteiger partial charge in [0.2, 0.25) is 5.91 Å². The molecular weight excluding hydrogens is 367 g/mol. The summed E-state index contributed by atoms with van der Waals surface area (Å²) in [6.45, 7) is 0.121. The number of nitrogens with zero attached hydrogens (tertiary/aromatic N) is 2. The van der Waals surface area contributed by atoms with E-state index in [2.05, 4.69) is 33.0 Å². The maximum Gasteiger partial charge on any atom is 0.246 e. The topological polar surface area (TPSA) is 72.9 Å². The summed E-state index contributed by atoms with van der Waals surface area (Å²) >= 11 is 7.95. The Labute approximate surface area is 122 Å². The van der Waals surface area contributed by atoms with Gasteiger partial charge in [0.05, 0.1) is 17.6 Å². The van der Waals surface area contributed by atoms with Crippen LogP contribution in [0, 0.1) is 3.57 Å². The van der Waals surface area contributed by atoms with Crippen molar-refractivity contribution in [2.24, 2.45) is 0 Å². The number of amides is 1. The van der Waals surface area contributed by atoms with Crippen LogP contribution in [0.15, 0.2) is 30.6 Å². The van der Waals surface area contributed by atoms with Gasteiger partial charge in [0, 0.05) is 14.8 Å². The van der Waals surface area contributed by atoms with Gasteiger partial charge < -0.3 is 11.1 Å². The van der Waals surface area contributed by atoms with Crippen molar-refractivity contribution >= 4 is 51.5 Å². The van der Waals surface area contributed by atoms with E-state index in [0.717, 1.165) is 9.26 Å². The van der Waals surface area contributed by atoms with E-state index in [9.17, 15) is 4.79 Å². The fourth-order valence-corrected chi connectivity index (χ4v) is 2.40. The Bertz CT molecular complexity index is 584. The molecule has 0 spiro atoms. The van der Waals surface area contributed by atoms with Crippen LogP contribution < -0.4 is 11.1 Å². The first kappa shape index (κ1) is 13.2. The lowest BCUT2D eigenvalue weighted by atomic mass is 10.3. The molecule has 1 heterocycles. The molecule has 2 rings (SSSR count). The van der Waals surface area contributed by atoms with Gasteiger partial charge in [-0.3, -0.25) is 9.48 Å². The number of hydrogen-bond donors (Lipinski definition) is 2. The number of carbonyl (C=O) groups excluding carboxylic acids is 1. The standard InChI is InChI=1S/C11H10ClIN4O/c12-7-1-2-10(9(13)3-7)16-11(18)6-17-5-8(14)4-15-17/h1-5H,6,14H2,(H,16,18). The second-order valence-electron chi connectivity index (χ2n) is 3.64. The summed E-state index contributed by atoms with van der Waals surface area (Å²) in [6.07, 6.45) is 3.10. The minimum Gasteiger partial charge on any atom is -0.396 e. The molecule has 3 N–H and O–H groups in total. The van der Waals surface area contributed by atoms with Crippen LogP contribution in [0.1, 0.15) is 0 Å². The fraction of sp³-hybridized carbons (Fsp3) is 0.0909. The van der Waals surface area contributed by atoms with E-state index >= 15 is 0 Å². The van der Waals surface area contributed by atoms with Gasteiger partial charge in [-0.05, 0) is 40.8 Å². The molecule has 18 heavy (non-hydrogen) atoms. The number of hydrogen-bond acceptors (Lipinski definition) is 3. The van der Waals surface area contributed by atoms with Crippen LogP contribution >= 0.6 is 34.2 Å². The second-order valence-corrected chi connectivity index (χ2v) is 5.24. The minimum absolute atomic E-state index is 0.121. The summed E-state index contributed by atoms with van der Waals surface area (Å²) in [4.78, 5) is 11.8. The third kappa shape index (κ3) is 3.36. The molecule has 7 heteroatoms. The fourth-order valence-electron chi connectivity index (χ4n) is 1.39. The molecule has 0 aliphatic rings. The van der Waals surface area contributed by atoms with Gasteiger partial charge in [-0.15, -0.1) is 0 Å². The summed E-state index contributed by atoms with van der Waals surface area (Å²) < 4.78 is 2.36. The molecular formula is C11H10ClIN4O. The lowest BCUT2D eigenvalue weighted by Crippen LogP contribution is -2.19. The first-order valence-corrected chi connectivity index (χ1v) is 6.53. The predicted octanol–water partition coefficient (Wildman–Crippen LogP) is 2.36. The normalized spacial score (nSPS) is 10.3. The van der Waals surface area contributed by atoms with Gasteiger partial charge in [0.15, 0.2) is 0 Å². The average molecular weight is 377 g/mol. The predicted molar refractivity (Wildman–Crippen MR) is 79.4 cm³/mol. The van der Waals surface area contributed by atoms with Gasteiger partial charge in [-0.2, -0.15) is 5.10 Å². The second kappa shape index (κ2) is 5.57. The summed E-state index contributed by atoms with van der Waals surface area (Å²) in [5.41, 5.74) is 6.78. The maximum absolute atomic E-state index is 11.8. The number of benzene rings is 1. The van der Waals surface area contributed by atoms with Gasteiger partial charge >= 0.3 is 0 Å². The number of carbonyl (C=O) groups is 1. The quantitative estimate of drug-likeness (QED) is 0.808. The zero-order valence-electron chi connectivity index (χ0n) is 9.23. The number of aromatic nitrogens is 2. The molecule has 0 aliphatic heterocycles. The van der Waals surface area contributed by atoms with E-state index in [0.29, 0.717) is 10.7 Å². The van der Waals surface area contributed by atoms with Crippen LogP contribution in [0.4, 0.5) is 11.4 Å². The van der Waals surface area contributed by atoms with Gasteiger partial charge in [0.25, 0.3) is 0 Å². The van der Waals surface area contributed by atoms with Crippen LogP contribution in [0.3, 0.4) is 0 Å². The smallest absolute Gasteiger partial charge is 0.246 e. The van der Waals surface area contributed by atoms with Crippen molar-refractivity contribution in [3.05, 3.63) is 39.2 Å². The highest BCUT2D eigenvalue weighted by atomic mass is 127. The third-order valence-corrected chi connectivity index (χ3v) is 3.29. The van der Waals surface area contributed by atoms with Crippen molar-refractivity contribution < 1.29 is 4.79 Å². The summed E-state index contributed by atoms with van der Waals surface area (Å²) in [5.74, 6) is -0.168. The third-order valence-electron chi connectivity index (χ3n) is 2.16. The number of rotatable bonds is 3. The molecule has 1 amide bonds. The average Bonchev–Trinajstić information content (AvgIpc) is 2.68. The SMILES string of the molecule is Nc1cnn(CC(=O)Nc2ccc(Cl)cc2I)c1. The van der Waals surface area contributed by atoms with E-state index < -0.39 is 0 Å². The number of nitrogen functional groups attached to an aromatic ring is 1. The Morgan fingerprint density at radius 3 is 2.94 bits per heavy atom. The highest BCUT2D eigenvalue weighted by Gasteiger charge is 2.07. The largest absolute Gasteiger partial charge is 0.396 e. The Balaban J connectivity index is 2.03. The highest BCUT2D eigenvalue weighted by Crippen LogP contribution is 2.22. The van der Waals surface area contributed by atoms with Gasteiger partial charge in [-0.25, -0.2) is 0 Å². The van der Waals surface area contributed by atoms with Crippen LogP contribution in [-0.2, 0) is 11.3 Å². The Morgan fingerprint density at radius 1 is 1.56 bits per heavy atom. The van der Waals surface area contributed by atoms with Crippen LogP contribution in [-0.4, -0.2) is 15.7 Å². The van der Waals surface area contributed by atoms with E-state index in [4.69, 9.17) is 17.3 Å². The van der Waals surface area contributed by atoms with Crippen molar-refractivity contribution in [1.29, 1.82) is 0 Å². The molecule has 5 nitrogen and oxygen atoms in total. The monoisotopic (exact) mass is 376 g/mol. The lowest BCUT2D eigenvalue weighted by Gasteiger charge is -2.07. The number of nitrogens with one attached hydrogen (secondary N) is 1. The van der Waals surface area contributed by atoms with Crippen molar-refractivity contribution in [3.63, 3.8) is 0 Å². The Hall–Kier alpha value is -1.28. The van der Waals surface area contributed by atoms with Crippen LogP contribution in [0.2, 0.25) is 5.02 Å². The van der Waals surface area contributed by atoms with Gasteiger partial charge in [-0.1, -0.05) is 11.6 Å².